The number of hydrogen-bond acceptors (Lipinski definition) is 5. The summed E-state index contributed by atoms with van der Waals surface area (Å²) in [5.74, 6) is -0.382. The van der Waals surface area contributed by atoms with E-state index in [1.807, 2.05) is 50.1 Å². The van der Waals surface area contributed by atoms with Gasteiger partial charge in [-0.1, -0.05) is 32.0 Å². The molecule has 3 rings (SSSR count). The zero-order valence-corrected chi connectivity index (χ0v) is 15.7. The number of nitriles is 1. The van der Waals surface area contributed by atoms with Crippen molar-refractivity contribution in [1.29, 1.82) is 5.26 Å². The van der Waals surface area contributed by atoms with Crippen LogP contribution in [0.2, 0.25) is 0 Å². The van der Waals surface area contributed by atoms with Crippen LogP contribution in [0.15, 0.2) is 51.8 Å². The topological polar surface area (TPSA) is 88.1 Å². The van der Waals surface area contributed by atoms with Crippen LogP contribution in [0.1, 0.15) is 25.0 Å². The number of hydrogen-bond donors (Lipinski definition) is 0. The molecule has 0 bridgehead atoms. The minimum absolute atomic E-state index is 0.178. The Balaban J connectivity index is 2.01. The number of aryl methyl sites for hydroxylation is 1. The van der Waals surface area contributed by atoms with Gasteiger partial charge in [0.1, 0.15) is 11.6 Å². The fourth-order valence-corrected chi connectivity index (χ4v) is 3.56. The van der Waals surface area contributed by atoms with E-state index in [9.17, 15) is 14.4 Å². The van der Waals surface area contributed by atoms with E-state index >= 15 is 0 Å². The molecule has 0 saturated heterocycles. The van der Waals surface area contributed by atoms with Gasteiger partial charge in [-0.25, -0.2) is 4.79 Å². The van der Waals surface area contributed by atoms with Crippen LogP contribution in [-0.4, -0.2) is 22.0 Å². The quantitative estimate of drug-likeness (QED) is 0.766. The maximum Gasteiger partial charge on any atom is 0.331 e. The summed E-state index contributed by atoms with van der Waals surface area (Å²) in [6, 6.07) is 9.65. The molecule has 0 unspecified atom stereocenters. The fourth-order valence-electron chi connectivity index (χ4n) is 3.56. The van der Waals surface area contributed by atoms with Crippen molar-refractivity contribution in [2.24, 2.45) is 7.05 Å². The molecule has 1 aliphatic rings. The van der Waals surface area contributed by atoms with Crippen LogP contribution in [0.5, 0.6) is 0 Å². The third kappa shape index (κ3) is 2.89. The molecule has 1 aliphatic heterocycles. The second-order valence-electron chi connectivity index (χ2n) is 7.14. The molecule has 0 fully saturated rings. The third-order valence-electron chi connectivity index (χ3n) is 5.00. The predicted molar refractivity (Wildman–Crippen MR) is 102 cm³/mol. The Morgan fingerprint density at radius 2 is 1.89 bits per heavy atom. The molecule has 0 amide bonds. The smallest absolute Gasteiger partial charge is 0.331 e. The molecular weight excluding hydrogens is 344 g/mol. The van der Waals surface area contributed by atoms with Gasteiger partial charge in [-0.15, -0.1) is 0 Å². The molecule has 138 valence electrons. The lowest BCUT2D eigenvalue weighted by Gasteiger charge is -2.24. The number of anilines is 1. The highest BCUT2D eigenvalue weighted by atomic mass is 16.2. The molecule has 0 aliphatic carbocycles. The average Bonchev–Trinajstić information content (AvgIpc) is 2.83. The lowest BCUT2D eigenvalue weighted by molar-refractivity contribution is -0.115. The number of rotatable bonds is 3. The zero-order valence-electron chi connectivity index (χ0n) is 15.7. The maximum atomic E-state index is 12.7. The summed E-state index contributed by atoms with van der Waals surface area (Å²) in [5, 5.41) is 9.04. The molecule has 0 saturated carbocycles. The van der Waals surface area contributed by atoms with Gasteiger partial charge in [-0.05, 0) is 11.6 Å². The van der Waals surface area contributed by atoms with Gasteiger partial charge in [0.05, 0.1) is 6.54 Å². The molecule has 1 aromatic carbocycles. The van der Waals surface area contributed by atoms with E-state index in [4.69, 9.17) is 5.26 Å². The molecular formula is C20H20N4O3. The molecule has 0 spiro atoms. The van der Waals surface area contributed by atoms with Crippen LogP contribution < -0.4 is 16.1 Å². The first-order valence-electron chi connectivity index (χ1n) is 8.47. The number of ketones is 1. The monoisotopic (exact) mass is 364 g/mol. The van der Waals surface area contributed by atoms with E-state index in [-0.39, 0.29) is 16.8 Å². The summed E-state index contributed by atoms with van der Waals surface area (Å²) in [5.41, 5.74) is 0.957. The Labute approximate surface area is 156 Å². The zero-order chi connectivity index (χ0) is 19.9. The average molecular weight is 364 g/mol. The number of fused-ring (bicyclic) bond motifs is 1. The number of nitrogens with zero attached hydrogens (tertiary/aromatic N) is 4. The minimum atomic E-state index is -0.755. The molecule has 0 N–H and O–H groups in total. The van der Waals surface area contributed by atoms with Gasteiger partial charge in [0.15, 0.2) is 5.78 Å². The van der Waals surface area contributed by atoms with E-state index in [1.165, 1.54) is 19.3 Å². The van der Waals surface area contributed by atoms with Crippen molar-refractivity contribution in [1.82, 2.24) is 9.13 Å². The van der Waals surface area contributed by atoms with Crippen LogP contribution in [0.3, 0.4) is 0 Å². The van der Waals surface area contributed by atoms with Gasteiger partial charge >= 0.3 is 5.69 Å². The lowest BCUT2D eigenvalue weighted by Crippen LogP contribution is -2.41. The highest BCUT2D eigenvalue weighted by Gasteiger charge is 2.38. The number of carbonyl (C=O) groups excluding carboxylic acids is 1. The largest absolute Gasteiger partial charge is 0.347 e. The predicted octanol–water partition coefficient (Wildman–Crippen LogP) is 1.30. The Hall–Kier alpha value is -3.40. The van der Waals surface area contributed by atoms with Crippen molar-refractivity contribution in [2.75, 3.05) is 11.9 Å². The molecule has 2 aromatic rings. The molecule has 0 radical (unpaired) electrons. The second kappa shape index (κ2) is 6.40. The lowest BCUT2D eigenvalue weighted by atomic mass is 9.83. The Bertz CT molecular complexity index is 1130. The summed E-state index contributed by atoms with van der Waals surface area (Å²) < 4.78 is 1.93. The van der Waals surface area contributed by atoms with Crippen LogP contribution in [-0.2, 0) is 23.8 Å². The number of allylic oxidation sites excluding steroid dienone is 2. The summed E-state index contributed by atoms with van der Waals surface area (Å²) >= 11 is 0. The first kappa shape index (κ1) is 18.4. The van der Waals surface area contributed by atoms with Crippen molar-refractivity contribution < 1.29 is 4.79 Å². The summed E-state index contributed by atoms with van der Waals surface area (Å²) in [6.07, 6.45) is 2.65. The summed E-state index contributed by atoms with van der Waals surface area (Å²) in [6.45, 7) is 3.64. The van der Waals surface area contributed by atoms with Crippen LogP contribution in [0.25, 0.3) is 0 Å². The summed E-state index contributed by atoms with van der Waals surface area (Å²) in [7, 11) is 3.32. The molecule has 7 nitrogen and oxygen atoms in total. The molecule has 2 heterocycles. The van der Waals surface area contributed by atoms with Gasteiger partial charge in [0.2, 0.25) is 0 Å². The maximum absolute atomic E-state index is 12.7. The van der Waals surface area contributed by atoms with Gasteiger partial charge in [0, 0.05) is 43.2 Å². The van der Waals surface area contributed by atoms with Crippen molar-refractivity contribution in [2.45, 2.75) is 25.8 Å². The highest BCUT2D eigenvalue weighted by molar-refractivity contribution is 5.92. The van der Waals surface area contributed by atoms with Gasteiger partial charge < -0.3 is 9.47 Å². The van der Waals surface area contributed by atoms with Gasteiger partial charge in [-0.3, -0.25) is 14.2 Å². The molecule has 0 atom stereocenters. The van der Waals surface area contributed by atoms with Crippen molar-refractivity contribution in [3.8, 4) is 6.07 Å². The van der Waals surface area contributed by atoms with E-state index in [2.05, 4.69) is 0 Å². The normalized spacial score (nSPS) is 16.3. The summed E-state index contributed by atoms with van der Waals surface area (Å²) in [4.78, 5) is 39.1. The number of likely N-dealkylation sites (N-methyl/N-ethyl adjacent to an activating group) is 1. The van der Waals surface area contributed by atoms with Gasteiger partial charge in [-0.2, -0.15) is 5.26 Å². The minimum Gasteiger partial charge on any atom is -0.347 e. The van der Waals surface area contributed by atoms with Crippen LogP contribution in [0.4, 0.5) is 5.69 Å². The van der Waals surface area contributed by atoms with E-state index < -0.39 is 17.8 Å². The SMILES string of the molecule is CN1C(=CC(=O)Cn2c(=O)c(C#N)cn(C)c2=O)C(C)(C)c2ccccc21. The van der Waals surface area contributed by atoms with Crippen molar-refractivity contribution >= 4 is 11.5 Å². The number of para-hydroxylation sites is 1. The number of carbonyl (C=O) groups is 1. The van der Waals surface area contributed by atoms with E-state index in [0.717, 1.165) is 26.1 Å². The van der Waals surface area contributed by atoms with Crippen LogP contribution >= 0.6 is 0 Å². The van der Waals surface area contributed by atoms with Crippen molar-refractivity contribution in [3.63, 3.8) is 0 Å². The first-order valence-corrected chi connectivity index (χ1v) is 8.47. The second-order valence-corrected chi connectivity index (χ2v) is 7.14. The molecule has 1 aromatic heterocycles. The highest BCUT2D eigenvalue weighted by Crippen LogP contribution is 2.46. The number of benzene rings is 1. The Morgan fingerprint density at radius 1 is 1.22 bits per heavy atom. The first-order chi connectivity index (χ1) is 12.7. The standard InChI is InChI=1S/C20H20N4O3/c1-20(2)15-7-5-6-8-16(15)23(4)17(20)9-14(25)12-24-18(26)13(10-21)11-22(3)19(24)27/h5-9,11H,12H2,1-4H3. The van der Waals surface area contributed by atoms with E-state index in [0.29, 0.717) is 0 Å². The molecule has 27 heavy (non-hydrogen) atoms. The third-order valence-corrected chi connectivity index (χ3v) is 5.00. The molecule has 7 heteroatoms. The fraction of sp³-hybridized carbons (Fsp3) is 0.300. The van der Waals surface area contributed by atoms with Crippen LogP contribution in [0, 0.1) is 11.3 Å². The number of aromatic nitrogens is 2. The van der Waals surface area contributed by atoms with Gasteiger partial charge in [0.25, 0.3) is 5.56 Å². The Kier molecular flexibility index (Phi) is 4.36. The Morgan fingerprint density at radius 3 is 2.52 bits per heavy atom. The van der Waals surface area contributed by atoms with Crippen molar-refractivity contribution in [3.05, 3.63) is 74.2 Å². The van der Waals surface area contributed by atoms with E-state index in [1.54, 1.807) is 6.07 Å².